The predicted octanol–water partition coefficient (Wildman–Crippen LogP) is 2.21. The van der Waals surface area contributed by atoms with E-state index in [1.54, 1.807) is 23.0 Å². The fraction of sp³-hybridized carbons (Fsp3) is 0.316. The second kappa shape index (κ2) is 7.03. The highest BCUT2D eigenvalue weighted by Gasteiger charge is 2.50. The van der Waals surface area contributed by atoms with Crippen molar-refractivity contribution in [3.05, 3.63) is 65.1 Å². The molecule has 0 saturated carbocycles. The van der Waals surface area contributed by atoms with E-state index in [1.807, 2.05) is 6.92 Å². The van der Waals surface area contributed by atoms with E-state index >= 15 is 0 Å². The highest BCUT2D eigenvalue weighted by atomic mass is 19.4. The summed E-state index contributed by atoms with van der Waals surface area (Å²) in [5.41, 5.74) is -2.36. The SMILES string of the molecule is Cc1cnc2c(C(=O)NC3(c4ncc(C(F)(F)F)cc4F)COCC3O)ccn2c1. The van der Waals surface area contributed by atoms with E-state index in [1.165, 1.54) is 6.07 Å². The van der Waals surface area contributed by atoms with Gasteiger partial charge in [-0.15, -0.1) is 0 Å². The second-order valence-electron chi connectivity index (χ2n) is 7.10. The average Bonchev–Trinajstić information content (AvgIpc) is 3.24. The van der Waals surface area contributed by atoms with E-state index in [2.05, 4.69) is 15.3 Å². The van der Waals surface area contributed by atoms with Gasteiger partial charge in [-0.3, -0.25) is 9.78 Å². The molecule has 30 heavy (non-hydrogen) atoms. The Morgan fingerprint density at radius 1 is 1.37 bits per heavy atom. The van der Waals surface area contributed by atoms with Crippen molar-refractivity contribution in [1.29, 1.82) is 0 Å². The summed E-state index contributed by atoms with van der Waals surface area (Å²) in [5, 5.41) is 13.0. The van der Waals surface area contributed by atoms with Gasteiger partial charge in [0.25, 0.3) is 5.91 Å². The molecule has 1 saturated heterocycles. The molecule has 4 rings (SSSR count). The number of amides is 1. The Morgan fingerprint density at radius 3 is 2.77 bits per heavy atom. The molecule has 1 fully saturated rings. The molecule has 2 N–H and O–H groups in total. The molecule has 4 heterocycles. The Balaban J connectivity index is 1.74. The van der Waals surface area contributed by atoms with Crippen molar-refractivity contribution in [3.63, 3.8) is 0 Å². The van der Waals surface area contributed by atoms with Crippen molar-refractivity contribution in [1.82, 2.24) is 19.7 Å². The molecular weight excluding hydrogens is 408 g/mol. The van der Waals surface area contributed by atoms with Crippen LogP contribution in [0.5, 0.6) is 0 Å². The number of nitrogens with one attached hydrogen (secondary N) is 1. The lowest BCUT2D eigenvalue weighted by molar-refractivity contribution is -0.138. The number of halogens is 4. The van der Waals surface area contributed by atoms with Crippen molar-refractivity contribution in [2.24, 2.45) is 0 Å². The summed E-state index contributed by atoms with van der Waals surface area (Å²) < 4.78 is 60.0. The number of ether oxygens (including phenoxy) is 1. The zero-order chi connectivity index (χ0) is 21.7. The van der Waals surface area contributed by atoms with Gasteiger partial charge < -0.3 is 19.6 Å². The van der Waals surface area contributed by atoms with Gasteiger partial charge in [-0.05, 0) is 24.6 Å². The molecule has 11 heteroatoms. The largest absolute Gasteiger partial charge is 0.417 e. The molecule has 3 aromatic rings. The number of rotatable bonds is 3. The first-order valence-electron chi connectivity index (χ1n) is 8.87. The number of pyridine rings is 1. The average molecular weight is 424 g/mol. The zero-order valence-corrected chi connectivity index (χ0v) is 15.6. The maximum atomic E-state index is 14.6. The number of hydrogen-bond acceptors (Lipinski definition) is 5. The van der Waals surface area contributed by atoms with Gasteiger partial charge in [0.2, 0.25) is 0 Å². The van der Waals surface area contributed by atoms with Crippen molar-refractivity contribution >= 4 is 11.6 Å². The number of aryl methyl sites for hydroxylation is 1. The molecule has 0 radical (unpaired) electrons. The van der Waals surface area contributed by atoms with Gasteiger partial charge in [0.15, 0.2) is 0 Å². The van der Waals surface area contributed by atoms with E-state index in [0.29, 0.717) is 11.8 Å². The molecule has 7 nitrogen and oxygen atoms in total. The molecule has 1 aliphatic heterocycles. The highest BCUT2D eigenvalue weighted by molar-refractivity contribution is 6.00. The maximum Gasteiger partial charge on any atom is 0.417 e. The maximum absolute atomic E-state index is 14.6. The van der Waals surface area contributed by atoms with Crippen molar-refractivity contribution in [2.75, 3.05) is 13.2 Å². The van der Waals surface area contributed by atoms with Gasteiger partial charge in [0, 0.05) is 24.8 Å². The molecule has 0 spiro atoms. The van der Waals surface area contributed by atoms with Crippen LogP contribution in [0.1, 0.15) is 27.2 Å². The lowest BCUT2D eigenvalue weighted by atomic mass is 9.89. The van der Waals surface area contributed by atoms with Gasteiger partial charge in [0.05, 0.1) is 24.3 Å². The first-order chi connectivity index (χ1) is 14.1. The topological polar surface area (TPSA) is 88.8 Å². The minimum absolute atomic E-state index is 0.140. The standard InChI is InChI=1S/C19H16F4N4O3/c1-10-5-25-16-12(2-3-27(16)7-10)17(29)26-18(9-30-8-14(18)28)15-13(20)4-11(6-24-15)19(21,22)23/h2-7,14,28H,8-9H2,1H3,(H,26,29). The van der Waals surface area contributed by atoms with Crippen LogP contribution in [0.4, 0.5) is 17.6 Å². The molecule has 2 unspecified atom stereocenters. The van der Waals surface area contributed by atoms with Gasteiger partial charge in [-0.1, -0.05) is 0 Å². The van der Waals surface area contributed by atoms with Gasteiger partial charge in [-0.2, -0.15) is 13.2 Å². The van der Waals surface area contributed by atoms with Gasteiger partial charge in [-0.25, -0.2) is 9.37 Å². The number of aliphatic hydroxyl groups is 1. The number of nitrogens with zero attached hydrogens (tertiary/aromatic N) is 3. The van der Waals surface area contributed by atoms with Gasteiger partial charge in [0.1, 0.15) is 28.8 Å². The minimum atomic E-state index is -4.79. The molecular formula is C19H16F4N4O3. The monoisotopic (exact) mass is 424 g/mol. The first kappa shape index (κ1) is 20.2. The van der Waals surface area contributed by atoms with Crippen LogP contribution in [0.25, 0.3) is 5.65 Å². The lowest BCUT2D eigenvalue weighted by Crippen LogP contribution is -2.54. The molecule has 0 bridgehead atoms. The Morgan fingerprint density at radius 2 is 2.13 bits per heavy atom. The van der Waals surface area contributed by atoms with Crippen LogP contribution < -0.4 is 5.32 Å². The van der Waals surface area contributed by atoms with Crippen molar-refractivity contribution in [2.45, 2.75) is 24.7 Å². The van der Waals surface area contributed by atoms with Crippen LogP contribution in [0.3, 0.4) is 0 Å². The minimum Gasteiger partial charge on any atom is -0.388 e. The Hall–Kier alpha value is -3.05. The molecule has 1 aliphatic rings. The summed E-state index contributed by atoms with van der Waals surface area (Å²) in [6.07, 6.45) is -0.844. The van der Waals surface area contributed by atoms with E-state index in [4.69, 9.17) is 4.74 Å². The molecule has 0 aromatic carbocycles. The lowest BCUT2D eigenvalue weighted by Gasteiger charge is -2.31. The van der Waals surface area contributed by atoms with E-state index in [-0.39, 0.29) is 24.8 Å². The van der Waals surface area contributed by atoms with Crippen LogP contribution in [0.2, 0.25) is 0 Å². The Labute approximate surface area is 167 Å². The van der Waals surface area contributed by atoms with Crippen LogP contribution in [0, 0.1) is 12.7 Å². The fourth-order valence-electron chi connectivity index (χ4n) is 3.44. The van der Waals surface area contributed by atoms with E-state index in [9.17, 15) is 27.5 Å². The summed E-state index contributed by atoms with van der Waals surface area (Å²) in [6, 6.07) is 1.77. The number of carbonyl (C=O) groups excluding carboxylic acids is 1. The third kappa shape index (κ3) is 3.29. The molecule has 3 aromatic heterocycles. The molecule has 0 aliphatic carbocycles. The fourth-order valence-corrected chi connectivity index (χ4v) is 3.44. The van der Waals surface area contributed by atoms with E-state index in [0.717, 1.165) is 5.56 Å². The normalized spacial score (nSPS) is 21.9. The van der Waals surface area contributed by atoms with Crippen molar-refractivity contribution in [3.8, 4) is 0 Å². The van der Waals surface area contributed by atoms with Crippen LogP contribution in [0.15, 0.2) is 36.9 Å². The number of fused-ring (bicyclic) bond motifs is 1. The zero-order valence-electron chi connectivity index (χ0n) is 15.6. The summed E-state index contributed by atoms with van der Waals surface area (Å²) in [5.74, 6) is -2.02. The smallest absolute Gasteiger partial charge is 0.388 e. The number of aromatic nitrogens is 3. The summed E-state index contributed by atoms with van der Waals surface area (Å²) in [6.45, 7) is 1.20. The highest BCUT2D eigenvalue weighted by Crippen LogP contribution is 2.35. The van der Waals surface area contributed by atoms with Crippen LogP contribution >= 0.6 is 0 Å². The molecule has 2 atom stereocenters. The molecule has 158 valence electrons. The van der Waals surface area contributed by atoms with Crippen molar-refractivity contribution < 1.29 is 32.2 Å². The summed E-state index contributed by atoms with van der Waals surface area (Å²) in [4.78, 5) is 20.7. The summed E-state index contributed by atoms with van der Waals surface area (Å²) >= 11 is 0. The van der Waals surface area contributed by atoms with E-state index < -0.39 is 40.8 Å². The van der Waals surface area contributed by atoms with Crippen LogP contribution in [-0.2, 0) is 16.5 Å². The number of hydrogen-bond donors (Lipinski definition) is 2. The number of aliphatic hydroxyl groups excluding tert-OH is 1. The predicted molar refractivity (Wildman–Crippen MR) is 95.1 cm³/mol. The quantitative estimate of drug-likeness (QED) is 0.630. The number of alkyl halides is 3. The summed E-state index contributed by atoms with van der Waals surface area (Å²) in [7, 11) is 0. The third-order valence-electron chi connectivity index (χ3n) is 4.97. The Bertz CT molecular complexity index is 1130. The van der Waals surface area contributed by atoms with Gasteiger partial charge >= 0.3 is 6.18 Å². The number of carbonyl (C=O) groups is 1. The van der Waals surface area contributed by atoms with Crippen LogP contribution in [-0.4, -0.2) is 44.7 Å². The molecule has 1 amide bonds. The first-order valence-corrected chi connectivity index (χ1v) is 8.87. The Kier molecular flexibility index (Phi) is 4.74. The second-order valence-corrected chi connectivity index (χ2v) is 7.10. The third-order valence-corrected chi connectivity index (χ3v) is 4.97.